The number of methoxy groups -OCH3 is 1. The van der Waals surface area contributed by atoms with Gasteiger partial charge in [-0.15, -0.1) is 0 Å². The average Bonchev–Trinajstić information content (AvgIpc) is 2.52. The molecule has 1 N–H and O–H groups in total. The lowest BCUT2D eigenvalue weighted by atomic mass is 10.0. The highest BCUT2D eigenvalue weighted by Gasteiger charge is 2.13. The molecule has 0 aromatic heterocycles. The summed E-state index contributed by atoms with van der Waals surface area (Å²) >= 11 is 0. The molecule has 0 aliphatic heterocycles. The SMILES string of the molecule is COCCCNC(=O)CCN(C(C)=O)c1ccc(C(C)C)cc1. The number of anilines is 1. The molecule has 0 saturated carbocycles. The minimum Gasteiger partial charge on any atom is -0.385 e. The summed E-state index contributed by atoms with van der Waals surface area (Å²) in [5.74, 6) is 0.341. The molecule has 0 aliphatic carbocycles. The van der Waals surface area contributed by atoms with Crippen molar-refractivity contribution < 1.29 is 14.3 Å². The summed E-state index contributed by atoms with van der Waals surface area (Å²) in [6.07, 6.45) is 1.08. The second-order valence-corrected chi connectivity index (χ2v) is 5.86. The number of amides is 2. The molecule has 0 atom stereocenters. The monoisotopic (exact) mass is 320 g/mol. The molecule has 2 amide bonds. The van der Waals surface area contributed by atoms with E-state index in [0.29, 0.717) is 32.0 Å². The second-order valence-electron chi connectivity index (χ2n) is 5.86. The van der Waals surface area contributed by atoms with Gasteiger partial charge in [0.05, 0.1) is 0 Å². The molecule has 1 aromatic rings. The Bertz CT molecular complexity index is 497. The first-order valence-corrected chi connectivity index (χ1v) is 8.09. The second kappa shape index (κ2) is 10.0. The Labute approximate surface area is 139 Å². The predicted octanol–water partition coefficient (Wildman–Crippen LogP) is 2.71. The number of carbonyl (C=O) groups is 2. The summed E-state index contributed by atoms with van der Waals surface area (Å²) in [5.41, 5.74) is 2.06. The Kier molecular flexibility index (Phi) is 8.33. The van der Waals surface area contributed by atoms with E-state index in [0.717, 1.165) is 12.1 Å². The van der Waals surface area contributed by atoms with Crippen molar-refractivity contribution in [3.8, 4) is 0 Å². The molecule has 1 rings (SSSR count). The van der Waals surface area contributed by atoms with Gasteiger partial charge >= 0.3 is 0 Å². The molecule has 0 spiro atoms. The number of carbonyl (C=O) groups excluding carboxylic acids is 2. The first-order chi connectivity index (χ1) is 11.0. The van der Waals surface area contributed by atoms with E-state index >= 15 is 0 Å². The number of nitrogens with one attached hydrogen (secondary N) is 1. The van der Waals surface area contributed by atoms with Crippen LogP contribution in [0.5, 0.6) is 0 Å². The number of rotatable bonds is 9. The van der Waals surface area contributed by atoms with Crippen LogP contribution in [0.25, 0.3) is 0 Å². The van der Waals surface area contributed by atoms with Crippen LogP contribution >= 0.6 is 0 Å². The smallest absolute Gasteiger partial charge is 0.223 e. The summed E-state index contributed by atoms with van der Waals surface area (Å²) in [5, 5.41) is 2.83. The summed E-state index contributed by atoms with van der Waals surface area (Å²) in [6.45, 7) is 7.38. The molecule has 0 aliphatic rings. The van der Waals surface area contributed by atoms with Gasteiger partial charge in [0.2, 0.25) is 11.8 Å². The van der Waals surface area contributed by atoms with Crippen molar-refractivity contribution in [2.24, 2.45) is 0 Å². The maximum Gasteiger partial charge on any atom is 0.223 e. The van der Waals surface area contributed by atoms with E-state index in [1.54, 1.807) is 12.0 Å². The highest BCUT2D eigenvalue weighted by molar-refractivity contribution is 5.92. The minimum atomic E-state index is -0.0607. The molecule has 0 radical (unpaired) electrons. The standard InChI is InChI=1S/C18H28N2O3/c1-14(2)16-6-8-17(9-7-16)20(15(3)21)12-10-18(22)19-11-5-13-23-4/h6-9,14H,5,10-13H2,1-4H3,(H,19,22). The molecular formula is C18H28N2O3. The van der Waals surface area contributed by atoms with Gasteiger partial charge < -0.3 is 15.0 Å². The van der Waals surface area contributed by atoms with Gasteiger partial charge in [0.25, 0.3) is 0 Å². The van der Waals surface area contributed by atoms with E-state index in [1.807, 2.05) is 24.3 Å². The van der Waals surface area contributed by atoms with Crippen LogP contribution in [0.4, 0.5) is 5.69 Å². The fourth-order valence-electron chi connectivity index (χ4n) is 2.25. The number of nitrogens with zero attached hydrogens (tertiary/aromatic N) is 1. The van der Waals surface area contributed by atoms with Crippen molar-refractivity contribution in [1.82, 2.24) is 5.32 Å². The summed E-state index contributed by atoms with van der Waals surface area (Å²) in [7, 11) is 1.64. The van der Waals surface area contributed by atoms with Crippen molar-refractivity contribution in [2.75, 3.05) is 31.7 Å². The lowest BCUT2D eigenvalue weighted by Crippen LogP contribution is -2.34. The van der Waals surface area contributed by atoms with E-state index < -0.39 is 0 Å². The van der Waals surface area contributed by atoms with Crippen LogP contribution < -0.4 is 10.2 Å². The zero-order valence-electron chi connectivity index (χ0n) is 14.6. The van der Waals surface area contributed by atoms with Crippen LogP contribution in [0.3, 0.4) is 0 Å². The summed E-state index contributed by atoms with van der Waals surface area (Å²) in [4.78, 5) is 25.3. The number of hydrogen-bond donors (Lipinski definition) is 1. The Morgan fingerprint density at radius 1 is 1.22 bits per heavy atom. The Morgan fingerprint density at radius 2 is 1.87 bits per heavy atom. The average molecular weight is 320 g/mol. The number of hydrogen-bond acceptors (Lipinski definition) is 3. The molecule has 128 valence electrons. The van der Waals surface area contributed by atoms with Gasteiger partial charge in [0, 0.05) is 45.8 Å². The van der Waals surface area contributed by atoms with Crippen molar-refractivity contribution in [3.05, 3.63) is 29.8 Å². The van der Waals surface area contributed by atoms with Crippen LogP contribution in [0.2, 0.25) is 0 Å². The van der Waals surface area contributed by atoms with Crippen LogP contribution in [0.1, 0.15) is 45.1 Å². The largest absolute Gasteiger partial charge is 0.385 e. The quantitative estimate of drug-likeness (QED) is 0.712. The molecule has 0 heterocycles. The van der Waals surface area contributed by atoms with Gasteiger partial charge in [-0.05, 0) is 30.0 Å². The normalized spacial score (nSPS) is 10.7. The number of benzene rings is 1. The third-order valence-electron chi connectivity index (χ3n) is 3.66. The zero-order valence-corrected chi connectivity index (χ0v) is 14.6. The maximum atomic E-state index is 11.9. The van der Waals surface area contributed by atoms with Gasteiger partial charge in [-0.2, -0.15) is 0 Å². The van der Waals surface area contributed by atoms with Crippen LogP contribution in [-0.4, -0.2) is 38.6 Å². The fourth-order valence-corrected chi connectivity index (χ4v) is 2.25. The Morgan fingerprint density at radius 3 is 2.39 bits per heavy atom. The molecule has 0 unspecified atom stereocenters. The highest BCUT2D eigenvalue weighted by Crippen LogP contribution is 2.20. The number of ether oxygens (including phenoxy) is 1. The maximum absolute atomic E-state index is 11.9. The van der Waals surface area contributed by atoms with Gasteiger partial charge in [-0.25, -0.2) is 0 Å². The summed E-state index contributed by atoms with van der Waals surface area (Å²) in [6, 6.07) is 7.93. The molecule has 5 heteroatoms. The van der Waals surface area contributed by atoms with Crippen molar-refractivity contribution in [3.63, 3.8) is 0 Å². The molecule has 0 fully saturated rings. The minimum absolute atomic E-state index is 0.0499. The van der Waals surface area contributed by atoms with Crippen LogP contribution in [0.15, 0.2) is 24.3 Å². The van der Waals surface area contributed by atoms with E-state index in [1.165, 1.54) is 12.5 Å². The first kappa shape index (κ1) is 19.2. The molecule has 0 bridgehead atoms. The van der Waals surface area contributed by atoms with E-state index in [-0.39, 0.29) is 11.8 Å². The van der Waals surface area contributed by atoms with E-state index in [4.69, 9.17) is 4.74 Å². The zero-order chi connectivity index (χ0) is 17.2. The van der Waals surface area contributed by atoms with Crippen molar-refractivity contribution >= 4 is 17.5 Å². The fraction of sp³-hybridized carbons (Fsp3) is 0.556. The van der Waals surface area contributed by atoms with Crippen molar-refractivity contribution in [1.29, 1.82) is 0 Å². The van der Waals surface area contributed by atoms with Crippen LogP contribution in [0, 0.1) is 0 Å². The Hall–Kier alpha value is -1.88. The molecular weight excluding hydrogens is 292 g/mol. The highest BCUT2D eigenvalue weighted by atomic mass is 16.5. The lowest BCUT2D eigenvalue weighted by Gasteiger charge is -2.21. The molecule has 1 aromatic carbocycles. The third-order valence-corrected chi connectivity index (χ3v) is 3.66. The third kappa shape index (κ3) is 6.82. The van der Waals surface area contributed by atoms with Gasteiger partial charge in [-0.3, -0.25) is 9.59 Å². The van der Waals surface area contributed by atoms with E-state index in [2.05, 4.69) is 19.2 Å². The Balaban J connectivity index is 2.55. The molecule has 5 nitrogen and oxygen atoms in total. The summed E-state index contributed by atoms with van der Waals surface area (Å²) < 4.78 is 4.93. The lowest BCUT2D eigenvalue weighted by molar-refractivity contribution is -0.121. The molecule has 0 saturated heterocycles. The van der Waals surface area contributed by atoms with E-state index in [9.17, 15) is 9.59 Å². The van der Waals surface area contributed by atoms with Gasteiger partial charge in [0.15, 0.2) is 0 Å². The van der Waals surface area contributed by atoms with Crippen molar-refractivity contribution in [2.45, 2.75) is 39.5 Å². The van der Waals surface area contributed by atoms with Gasteiger partial charge in [-0.1, -0.05) is 26.0 Å². The molecule has 23 heavy (non-hydrogen) atoms. The van der Waals surface area contributed by atoms with Crippen LogP contribution in [-0.2, 0) is 14.3 Å². The van der Waals surface area contributed by atoms with Gasteiger partial charge in [0.1, 0.15) is 0 Å². The predicted molar refractivity (Wildman–Crippen MR) is 92.7 cm³/mol. The first-order valence-electron chi connectivity index (χ1n) is 8.09. The topological polar surface area (TPSA) is 58.6 Å².